The van der Waals surface area contributed by atoms with Crippen LogP contribution in [-0.4, -0.2) is 14.5 Å². The first kappa shape index (κ1) is 11.4. The number of hydrogen-bond donors (Lipinski definition) is 0. The molecule has 1 aromatic carbocycles. The Hall–Kier alpha value is -2.74. The number of imidazole rings is 1. The minimum atomic E-state index is -0.389. The number of halogens is 1. The van der Waals surface area contributed by atoms with E-state index in [2.05, 4.69) is 16.0 Å². The lowest BCUT2D eigenvalue weighted by Crippen LogP contribution is -1.94. The Bertz CT molecular complexity index is 797. The van der Waals surface area contributed by atoms with Gasteiger partial charge < -0.3 is 4.57 Å². The van der Waals surface area contributed by atoms with Gasteiger partial charge in [0.2, 0.25) is 0 Å². The van der Waals surface area contributed by atoms with Crippen LogP contribution in [-0.2, 0) is 7.05 Å². The maximum absolute atomic E-state index is 12.9. The van der Waals surface area contributed by atoms with E-state index in [1.807, 2.05) is 23.7 Å². The summed E-state index contributed by atoms with van der Waals surface area (Å²) in [5.41, 5.74) is 2.57. The number of pyridine rings is 1. The van der Waals surface area contributed by atoms with Gasteiger partial charge in [0.1, 0.15) is 23.1 Å². The van der Waals surface area contributed by atoms with Gasteiger partial charge in [0.05, 0.1) is 17.3 Å². The number of hydrogen-bond acceptors (Lipinski definition) is 3. The van der Waals surface area contributed by atoms with Crippen molar-refractivity contribution in [3.63, 3.8) is 0 Å². The minimum absolute atomic E-state index is 0.389. The van der Waals surface area contributed by atoms with Crippen LogP contribution >= 0.6 is 0 Å². The van der Waals surface area contributed by atoms with E-state index in [4.69, 9.17) is 5.26 Å². The van der Waals surface area contributed by atoms with Crippen LogP contribution in [0.25, 0.3) is 22.6 Å². The molecule has 19 heavy (non-hydrogen) atoms. The van der Waals surface area contributed by atoms with Crippen LogP contribution in [0.4, 0.5) is 4.39 Å². The Kier molecular flexibility index (Phi) is 2.50. The molecule has 0 aliphatic heterocycles. The second kappa shape index (κ2) is 4.18. The quantitative estimate of drug-likeness (QED) is 0.669. The summed E-state index contributed by atoms with van der Waals surface area (Å²) in [6, 6.07) is 10.4. The largest absolute Gasteiger partial charge is 0.326 e. The van der Waals surface area contributed by atoms with Crippen molar-refractivity contribution in [1.29, 1.82) is 5.26 Å². The van der Waals surface area contributed by atoms with Crippen LogP contribution in [0, 0.1) is 17.1 Å². The average Bonchev–Trinajstić information content (AvgIpc) is 2.77. The summed E-state index contributed by atoms with van der Waals surface area (Å²) in [5.74, 6) is 0.220. The fourth-order valence-electron chi connectivity index (χ4n) is 2.04. The Labute approximate surface area is 108 Å². The number of nitrogens with zero attached hydrogens (tertiary/aromatic N) is 4. The molecule has 0 saturated heterocycles. The first-order valence-corrected chi connectivity index (χ1v) is 5.68. The summed E-state index contributed by atoms with van der Waals surface area (Å²) in [4.78, 5) is 8.46. The smallest absolute Gasteiger partial charge is 0.159 e. The van der Waals surface area contributed by atoms with Crippen molar-refractivity contribution in [2.24, 2.45) is 7.05 Å². The predicted octanol–water partition coefficient (Wildman–Crippen LogP) is 2.65. The van der Waals surface area contributed by atoms with E-state index in [-0.39, 0.29) is 5.82 Å². The molecule has 3 rings (SSSR count). The van der Waals surface area contributed by atoms with Gasteiger partial charge in [0.25, 0.3) is 0 Å². The lowest BCUT2D eigenvalue weighted by Gasteiger charge is -2.01. The van der Waals surface area contributed by atoms with Gasteiger partial charge >= 0.3 is 0 Å². The lowest BCUT2D eigenvalue weighted by molar-refractivity contribution is 0.621. The van der Waals surface area contributed by atoms with Gasteiger partial charge in [-0.2, -0.15) is 5.26 Å². The molecule has 0 saturated carbocycles. The molecule has 5 heteroatoms. The standard InChI is InChI=1S/C14H9FN4/c1-19-12-4-2-3-9(7-16)13(12)18-14(19)11-6-5-10(15)8-17-11/h2-6,8H,1H3. The molecule has 0 radical (unpaired) electrons. The molecule has 3 aromatic rings. The van der Waals surface area contributed by atoms with E-state index in [9.17, 15) is 4.39 Å². The molecule has 4 nitrogen and oxygen atoms in total. The number of para-hydroxylation sites is 1. The van der Waals surface area contributed by atoms with Crippen LogP contribution in [0.5, 0.6) is 0 Å². The first-order chi connectivity index (χ1) is 9.20. The molecule has 0 unspecified atom stereocenters. The van der Waals surface area contributed by atoms with Crippen molar-refractivity contribution < 1.29 is 4.39 Å². The Morgan fingerprint density at radius 2 is 2.11 bits per heavy atom. The van der Waals surface area contributed by atoms with Crippen molar-refractivity contribution in [2.75, 3.05) is 0 Å². The number of benzene rings is 1. The van der Waals surface area contributed by atoms with Crippen molar-refractivity contribution in [3.8, 4) is 17.6 Å². The molecule has 2 heterocycles. The minimum Gasteiger partial charge on any atom is -0.326 e. The molecule has 0 spiro atoms. The topological polar surface area (TPSA) is 54.5 Å². The van der Waals surface area contributed by atoms with E-state index in [1.54, 1.807) is 12.1 Å². The summed E-state index contributed by atoms with van der Waals surface area (Å²) >= 11 is 0. The van der Waals surface area contributed by atoms with E-state index >= 15 is 0 Å². The van der Waals surface area contributed by atoms with Gasteiger partial charge in [-0.1, -0.05) is 6.07 Å². The molecular formula is C14H9FN4. The zero-order valence-electron chi connectivity index (χ0n) is 10.1. The van der Waals surface area contributed by atoms with E-state index in [0.29, 0.717) is 22.6 Å². The molecule has 0 fully saturated rings. The Balaban J connectivity index is 2.29. The summed E-state index contributed by atoms with van der Waals surface area (Å²) in [5, 5.41) is 9.08. The number of fused-ring (bicyclic) bond motifs is 1. The molecule has 0 N–H and O–H groups in total. The monoisotopic (exact) mass is 252 g/mol. The van der Waals surface area contributed by atoms with Gasteiger partial charge in [-0.05, 0) is 24.3 Å². The number of nitriles is 1. The van der Waals surface area contributed by atoms with E-state index < -0.39 is 0 Å². The Morgan fingerprint density at radius 1 is 1.26 bits per heavy atom. The van der Waals surface area contributed by atoms with Gasteiger partial charge in [-0.25, -0.2) is 14.4 Å². The fraction of sp³-hybridized carbons (Fsp3) is 0.0714. The molecule has 0 bridgehead atoms. The van der Waals surface area contributed by atoms with Crippen molar-refractivity contribution in [2.45, 2.75) is 0 Å². The zero-order valence-corrected chi connectivity index (χ0v) is 10.1. The summed E-state index contributed by atoms with van der Waals surface area (Å²) in [6.07, 6.45) is 1.15. The summed E-state index contributed by atoms with van der Waals surface area (Å²) < 4.78 is 14.7. The third kappa shape index (κ3) is 1.74. The van der Waals surface area contributed by atoms with Gasteiger partial charge in [-0.3, -0.25) is 0 Å². The number of aryl methyl sites for hydroxylation is 1. The van der Waals surface area contributed by atoms with Crippen LogP contribution < -0.4 is 0 Å². The predicted molar refractivity (Wildman–Crippen MR) is 68.6 cm³/mol. The third-order valence-corrected chi connectivity index (χ3v) is 2.99. The third-order valence-electron chi connectivity index (χ3n) is 2.99. The number of aromatic nitrogens is 3. The van der Waals surface area contributed by atoms with Gasteiger partial charge in [0, 0.05) is 7.05 Å². The average molecular weight is 252 g/mol. The van der Waals surface area contributed by atoms with Gasteiger partial charge in [0.15, 0.2) is 5.82 Å². The second-order valence-corrected chi connectivity index (χ2v) is 4.14. The maximum Gasteiger partial charge on any atom is 0.159 e. The van der Waals surface area contributed by atoms with Crippen molar-refractivity contribution >= 4 is 11.0 Å². The SMILES string of the molecule is Cn1c(-c2ccc(F)cn2)nc2c(C#N)cccc21. The van der Waals surface area contributed by atoms with Crippen molar-refractivity contribution in [1.82, 2.24) is 14.5 Å². The zero-order chi connectivity index (χ0) is 13.4. The molecule has 92 valence electrons. The molecular weight excluding hydrogens is 243 g/mol. The summed E-state index contributed by atoms with van der Waals surface area (Å²) in [6.45, 7) is 0. The lowest BCUT2D eigenvalue weighted by atomic mass is 10.2. The highest BCUT2D eigenvalue weighted by atomic mass is 19.1. The molecule has 0 amide bonds. The van der Waals surface area contributed by atoms with Crippen LogP contribution in [0.2, 0.25) is 0 Å². The van der Waals surface area contributed by atoms with E-state index in [1.165, 1.54) is 6.07 Å². The molecule has 0 aliphatic carbocycles. The highest BCUT2D eigenvalue weighted by Crippen LogP contribution is 2.24. The maximum atomic E-state index is 12.9. The van der Waals surface area contributed by atoms with Crippen LogP contribution in [0.3, 0.4) is 0 Å². The fourth-order valence-corrected chi connectivity index (χ4v) is 2.04. The number of rotatable bonds is 1. The highest BCUT2D eigenvalue weighted by molar-refractivity contribution is 5.85. The first-order valence-electron chi connectivity index (χ1n) is 5.68. The highest BCUT2D eigenvalue weighted by Gasteiger charge is 2.13. The van der Waals surface area contributed by atoms with Gasteiger partial charge in [-0.15, -0.1) is 0 Å². The normalized spacial score (nSPS) is 10.6. The molecule has 2 aromatic heterocycles. The van der Waals surface area contributed by atoms with E-state index in [0.717, 1.165) is 11.7 Å². The second-order valence-electron chi connectivity index (χ2n) is 4.14. The van der Waals surface area contributed by atoms with Crippen LogP contribution in [0.1, 0.15) is 5.56 Å². The van der Waals surface area contributed by atoms with Crippen LogP contribution in [0.15, 0.2) is 36.5 Å². The summed E-state index contributed by atoms with van der Waals surface area (Å²) in [7, 11) is 1.84. The van der Waals surface area contributed by atoms with Crippen molar-refractivity contribution in [3.05, 3.63) is 47.9 Å². The molecule has 0 atom stereocenters. The molecule has 0 aliphatic rings. The Morgan fingerprint density at radius 3 is 2.79 bits per heavy atom.